The van der Waals surface area contributed by atoms with Crippen molar-refractivity contribution in [3.05, 3.63) is 0 Å². The second kappa shape index (κ2) is 4.82. The minimum Gasteiger partial charge on any atom is -0.0857 e. The van der Waals surface area contributed by atoms with Crippen LogP contribution in [0.25, 0.3) is 0 Å². The van der Waals surface area contributed by atoms with Crippen molar-refractivity contribution in [3.8, 4) is 0 Å². The van der Waals surface area contributed by atoms with Crippen molar-refractivity contribution >= 4 is 6.71 Å². The highest BCUT2D eigenvalue weighted by Gasteiger charge is 2.19. The topological polar surface area (TPSA) is 0 Å². The molecule has 10 heavy (non-hydrogen) atoms. The summed E-state index contributed by atoms with van der Waals surface area (Å²) < 4.78 is 0. The molecule has 0 saturated carbocycles. The predicted octanol–water partition coefficient (Wildman–Crippen LogP) is 3.71. The van der Waals surface area contributed by atoms with Crippen LogP contribution in [0.4, 0.5) is 0 Å². The molecular weight excluding hydrogens is 119 g/mol. The van der Waals surface area contributed by atoms with Gasteiger partial charge in [-0.2, -0.15) is 0 Å². The number of hydrogen-bond donors (Lipinski definition) is 0. The van der Waals surface area contributed by atoms with Crippen molar-refractivity contribution in [2.75, 3.05) is 0 Å². The molecule has 0 aromatic heterocycles. The summed E-state index contributed by atoms with van der Waals surface area (Å²) in [5.74, 6) is 1.80. The molecule has 0 aliphatic heterocycles. The summed E-state index contributed by atoms with van der Waals surface area (Å²) in [6, 6.07) is 0. The van der Waals surface area contributed by atoms with Gasteiger partial charge in [0, 0.05) is 0 Å². The van der Waals surface area contributed by atoms with Crippen LogP contribution in [0.3, 0.4) is 0 Å². The summed E-state index contributed by atoms with van der Waals surface area (Å²) in [7, 11) is 0. The molecule has 60 valence electrons. The quantitative estimate of drug-likeness (QED) is 0.522. The molecule has 0 aliphatic rings. The Hall–Kier alpha value is 0.0649. The summed E-state index contributed by atoms with van der Waals surface area (Å²) in [6.07, 6.45) is 2.65. The van der Waals surface area contributed by atoms with Gasteiger partial charge in [0.1, 0.15) is 6.71 Å². The smallest absolute Gasteiger partial charge is 0.0857 e. The minimum absolute atomic E-state index is 0.898. The van der Waals surface area contributed by atoms with E-state index in [0.29, 0.717) is 0 Å². The van der Waals surface area contributed by atoms with E-state index in [1.54, 1.807) is 0 Å². The Morgan fingerprint density at radius 3 is 1.50 bits per heavy atom. The van der Waals surface area contributed by atoms with Gasteiger partial charge >= 0.3 is 0 Å². The third kappa shape index (κ3) is 2.77. The van der Waals surface area contributed by atoms with Crippen LogP contribution >= 0.6 is 0 Å². The zero-order chi connectivity index (χ0) is 8.15. The minimum atomic E-state index is 0.898. The van der Waals surface area contributed by atoms with Gasteiger partial charge in [-0.15, -0.1) is 0 Å². The summed E-state index contributed by atoms with van der Waals surface area (Å²) in [4.78, 5) is 0. The molecule has 0 aromatic rings. The van der Waals surface area contributed by atoms with Gasteiger partial charge in [0.25, 0.3) is 0 Å². The summed E-state index contributed by atoms with van der Waals surface area (Å²) >= 11 is 0. The maximum Gasteiger partial charge on any atom is 0.142 e. The molecule has 0 spiro atoms. The first-order chi connectivity index (χ1) is 4.63. The average Bonchev–Trinajstić information content (AvgIpc) is 2.00. The van der Waals surface area contributed by atoms with E-state index in [4.69, 9.17) is 0 Å². The fraction of sp³-hybridized carbons (Fsp3) is 1.00. The first kappa shape index (κ1) is 10.1. The third-order valence-electron chi connectivity index (χ3n) is 3.08. The van der Waals surface area contributed by atoms with Gasteiger partial charge < -0.3 is 0 Å². The fourth-order valence-corrected chi connectivity index (χ4v) is 1.30. The Balaban J connectivity index is 3.69. The maximum atomic E-state index is 2.38. The Morgan fingerprint density at radius 2 is 1.30 bits per heavy atom. The van der Waals surface area contributed by atoms with Crippen LogP contribution in [0.1, 0.15) is 40.5 Å². The molecule has 0 nitrogen and oxygen atoms in total. The van der Waals surface area contributed by atoms with Crippen LogP contribution in [-0.2, 0) is 0 Å². The molecule has 0 N–H and O–H groups in total. The van der Waals surface area contributed by atoms with E-state index in [2.05, 4.69) is 34.5 Å². The van der Waals surface area contributed by atoms with E-state index in [0.717, 1.165) is 18.3 Å². The largest absolute Gasteiger partial charge is 0.142 e. The van der Waals surface area contributed by atoms with Crippen molar-refractivity contribution in [1.82, 2.24) is 0 Å². The first-order valence-corrected chi connectivity index (χ1v) is 4.63. The Labute approximate surface area is 66.5 Å². The molecule has 0 aliphatic carbocycles. The highest BCUT2D eigenvalue weighted by molar-refractivity contribution is 6.60. The van der Waals surface area contributed by atoms with E-state index in [1.165, 1.54) is 12.8 Å². The lowest BCUT2D eigenvalue weighted by molar-refractivity contribution is 0.784. The van der Waals surface area contributed by atoms with Crippen LogP contribution in [-0.4, -0.2) is 6.71 Å². The van der Waals surface area contributed by atoms with Crippen molar-refractivity contribution in [3.63, 3.8) is 0 Å². The number of rotatable bonds is 4. The highest BCUT2D eigenvalue weighted by Crippen LogP contribution is 2.25. The van der Waals surface area contributed by atoms with Crippen molar-refractivity contribution in [2.45, 2.75) is 59.0 Å². The molecule has 0 aromatic carbocycles. The second-order valence-electron chi connectivity index (χ2n) is 3.63. The fourth-order valence-electron chi connectivity index (χ4n) is 1.30. The highest BCUT2D eigenvalue weighted by atomic mass is 14.0. The van der Waals surface area contributed by atoms with Crippen LogP contribution in [0, 0.1) is 0 Å². The lowest BCUT2D eigenvalue weighted by atomic mass is 9.35. The standard InChI is InChI=1S/C9H21B/c1-6-8(3)10(5)9(4)7-2/h8-9H,6-7H2,1-5H3. The lowest BCUT2D eigenvalue weighted by Gasteiger charge is -2.20. The van der Waals surface area contributed by atoms with E-state index < -0.39 is 0 Å². The zero-order valence-corrected chi connectivity index (χ0v) is 8.15. The molecule has 0 fully saturated rings. The molecule has 2 atom stereocenters. The molecule has 0 bridgehead atoms. The second-order valence-corrected chi connectivity index (χ2v) is 3.63. The lowest BCUT2D eigenvalue weighted by Crippen LogP contribution is -2.18. The van der Waals surface area contributed by atoms with Gasteiger partial charge in [0.2, 0.25) is 0 Å². The molecule has 0 saturated heterocycles. The van der Waals surface area contributed by atoms with Crippen molar-refractivity contribution in [1.29, 1.82) is 0 Å². The van der Waals surface area contributed by atoms with Gasteiger partial charge in [-0.05, 0) is 0 Å². The van der Waals surface area contributed by atoms with Crippen molar-refractivity contribution in [2.24, 2.45) is 0 Å². The molecule has 2 unspecified atom stereocenters. The molecule has 0 rings (SSSR count). The van der Waals surface area contributed by atoms with E-state index in [-0.39, 0.29) is 0 Å². The van der Waals surface area contributed by atoms with Crippen LogP contribution in [0.15, 0.2) is 0 Å². The monoisotopic (exact) mass is 140 g/mol. The van der Waals surface area contributed by atoms with Crippen LogP contribution in [0.5, 0.6) is 0 Å². The molecule has 1 heteroatoms. The third-order valence-corrected chi connectivity index (χ3v) is 3.08. The van der Waals surface area contributed by atoms with Gasteiger partial charge in [-0.1, -0.05) is 59.0 Å². The maximum absolute atomic E-state index is 2.38. The SMILES string of the molecule is CCC(C)B(C)C(C)CC. The summed E-state index contributed by atoms with van der Waals surface area (Å²) in [5.41, 5.74) is 0. The molecular formula is C9H21B. The Bertz CT molecular complexity index is 70.8. The van der Waals surface area contributed by atoms with E-state index in [1.807, 2.05) is 0 Å². The number of hydrogen-bond acceptors (Lipinski definition) is 0. The molecule has 0 amide bonds. The Kier molecular flexibility index (Phi) is 4.85. The van der Waals surface area contributed by atoms with Gasteiger partial charge in [0.05, 0.1) is 0 Å². The van der Waals surface area contributed by atoms with E-state index >= 15 is 0 Å². The van der Waals surface area contributed by atoms with Crippen LogP contribution in [0.2, 0.25) is 18.5 Å². The predicted molar refractivity (Wildman–Crippen MR) is 51.0 cm³/mol. The normalized spacial score (nSPS) is 16.5. The van der Waals surface area contributed by atoms with Crippen LogP contribution < -0.4 is 0 Å². The summed E-state index contributed by atoms with van der Waals surface area (Å²) in [5, 5.41) is 0. The van der Waals surface area contributed by atoms with Gasteiger partial charge in [0.15, 0.2) is 0 Å². The average molecular weight is 140 g/mol. The van der Waals surface area contributed by atoms with E-state index in [9.17, 15) is 0 Å². The summed E-state index contributed by atoms with van der Waals surface area (Å²) in [6.45, 7) is 12.6. The molecule has 0 radical (unpaired) electrons. The van der Waals surface area contributed by atoms with Gasteiger partial charge in [-0.25, -0.2) is 0 Å². The Morgan fingerprint density at radius 1 is 1.00 bits per heavy atom. The van der Waals surface area contributed by atoms with Gasteiger partial charge in [-0.3, -0.25) is 0 Å². The first-order valence-electron chi connectivity index (χ1n) is 4.63. The zero-order valence-electron chi connectivity index (χ0n) is 8.15. The molecule has 0 heterocycles. The van der Waals surface area contributed by atoms with Crippen molar-refractivity contribution < 1.29 is 0 Å².